The summed E-state index contributed by atoms with van der Waals surface area (Å²) in [5, 5.41) is 19.0. The van der Waals surface area contributed by atoms with E-state index in [0.29, 0.717) is 25.9 Å². The number of hydrogen-bond acceptors (Lipinski definition) is 4. The second-order valence-corrected chi connectivity index (χ2v) is 6.70. The van der Waals surface area contributed by atoms with Crippen LogP contribution in [0.3, 0.4) is 0 Å². The van der Waals surface area contributed by atoms with E-state index in [4.69, 9.17) is 56.9 Å². The third kappa shape index (κ3) is 4.50. The van der Waals surface area contributed by atoms with Gasteiger partial charge in [-0.05, 0) is 25.0 Å². The number of aromatic nitrogens is 2. The molecule has 4 nitrogen and oxygen atoms in total. The molecule has 0 atom stereocenters. The van der Waals surface area contributed by atoms with E-state index < -0.39 is 0 Å². The van der Waals surface area contributed by atoms with Crippen LogP contribution in [-0.4, -0.2) is 9.97 Å². The molecule has 0 amide bonds. The van der Waals surface area contributed by atoms with E-state index in [9.17, 15) is 0 Å². The molecule has 0 N–H and O–H groups in total. The number of pyridine rings is 2. The highest BCUT2D eigenvalue weighted by atomic mass is 35.5. The van der Waals surface area contributed by atoms with E-state index in [1.165, 1.54) is 12.3 Å². The molecule has 1 aliphatic carbocycles. The minimum Gasteiger partial charge on any atom is -0.244 e. The lowest BCUT2D eigenvalue weighted by molar-refractivity contribution is 0.897. The second-order valence-electron chi connectivity index (χ2n) is 5.11. The minimum absolute atomic E-state index is 0.267. The Kier molecular flexibility index (Phi) is 6.27. The van der Waals surface area contributed by atoms with Crippen molar-refractivity contribution in [3.8, 4) is 12.1 Å². The maximum Gasteiger partial charge on any atom is 0.130 e. The summed E-state index contributed by atoms with van der Waals surface area (Å²) in [7, 11) is 0. The smallest absolute Gasteiger partial charge is 0.130 e. The van der Waals surface area contributed by atoms with Crippen molar-refractivity contribution in [1.82, 2.24) is 9.97 Å². The average molecular weight is 400 g/mol. The lowest BCUT2D eigenvalue weighted by atomic mass is 10.00. The molecule has 1 fully saturated rings. The number of nitrogens with zero attached hydrogens (tertiary/aromatic N) is 4. The lowest BCUT2D eigenvalue weighted by Gasteiger charge is -2.07. The molecule has 1 aliphatic rings. The molecule has 0 spiro atoms. The Morgan fingerprint density at radius 1 is 0.958 bits per heavy atom. The molecular weight excluding hydrogens is 390 g/mol. The van der Waals surface area contributed by atoms with Gasteiger partial charge in [0, 0.05) is 33.6 Å². The van der Waals surface area contributed by atoms with Crippen LogP contribution in [0.15, 0.2) is 24.5 Å². The topological polar surface area (TPSA) is 73.4 Å². The van der Waals surface area contributed by atoms with Crippen LogP contribution in [0, 0.1) is 22.7 Å². The van der Waals surface area contributed by atoms with Gasteiger partial charge in [0.25, 0.3) is 0 Å². The van der Waals surface area contributed by atoms with Crippen LogP contribution in [0.5, 0.6) is 0 Å². The normalized spacial score (nSPS) is 13.9. The van der Waals surface area contributed by atoms with Crippen LogP contribution < -0.4 is 0 Å². The zero-order chi connectivity index (χ0) is 17.7. The zero-order valence-corrected chi connectivity index (χ0v) is 15.3. The SMILES string of the molecule is N#CC1(c2cnc(Cl)cc2Cl)CC1.N#CCc1cnc(Cl)cc1Cl. The van der Waals surface area contributed by atoms with Crippen LogP contribution in [0.25, 0.3) is 0 Å². The van der Waals surface area contributed by atoms with Gasteiger partial charge in [-0.15, -0.1) is 0 Å². The summed E-state index contributed by atoms with van der Waals surface area (Å²) >= 11 is 22.9. The highest BCUT2D eigenvalue weighted by Crippen LogP contribution is 2.49. The van der Waals surface area contributed by atoms with Gasteiger partial charge < -0.3 is 0 Å². The monoisotopic (exact) mass is 398 g/mol. The van der Waals surface area contributed by atoms with Crippen LogP contribution in [0.4, 0.5) is 0 Å². The molecule has 0 aliphatic heterocycles. The number of hydrogen-bond donors (Lipinski definition) is 0. The van der Waals surface area contributed by atoms with Gasteiger partial charge in [-0.2, -0.15) is 10.5 Å². The van der Waals surface area contributed by atoms with E-state index >= 15 is 0 Å². The zero-order valence-electron chi connectivity index (χ0n) is 12.2. The maximum atomic E-state index is 8.93. The third-order valence-electron chi connectivity index (χ3n) is 3.47. The number of nitriles is 2. The Balaban J connectivity index is 0.000000177. The summed E-state index contributed by atoms with van der Waals surface area (Å²) in [5.74, 6) is 0. The summed E-state index contributed by atoms with van der Waals surface area (Å²) in [5.41, 5.74) is 1.13. The first-order valence-electron chi connectivity index (χ1n) is 6.81. The van der Waals surface area contributed by atoms with Gasteiger partial charge in [-0.25, -0.2) is 9.97 Å². The molecule has 24 heavy (non-hydrogen) atoms. The van der Waals surface area contributed by atoms with Crippen molar-refractivity contribution in [3.05, 3.63) is 56.0 Å². The molecule has 0 unspecified atom stereocenters. The van der Waals surface area contributed by atoms with E-state index in [2.05, 4.69) is 16.0 Å². The lowest BCUT2D eigenvalue weighted by Crippen LogP contribution is -2.03. The Morgan fingerprint density at radius 3 is 2.00 bits per heavy atom. The van der Waals surface area contributed by atoms with Gasteiger partial charge >= 0.3 is 0 Å². The molecular formula is C16H10Cl4N4. The summed E-state index contributed by atoms with van der Waals surface area (Å²) in [6.45, 7) is 0. The van der Waals surface area contributed by atoms with Crippen LogP contribution in [-0.2, 0) is 11.8 Å². The molecule has 3 rings (SSSR count). The molecule has 1 saturated carbocycles. The molecule has 8 heteroatoms. The van der Waals surface area contributed by atoms with E-state index in [1.54, 1.807) is 12.3 Å². The maximum absolute atomic E-state index is 8.93. The van der Waals surface area contributed by atoms with Gasteiger partial charge in [0.2, 0.25) is 0 Å². The molecule has 0 aromatic carbocycles. The van der Waals surface area contributed by atoms with Crippen LogP contribution in [0.1, 0.15) is 24.0 Å². The summed E-state index contributed by atoms with van der Waals surface area (Å²) < 4.78 is 0. The first kappa shape index (κ1) is 18.8. The van der Waals surface area contributed by atoms with Gasteiger partial charge in [-0.1, -0.05) is 46.4 Å². The molecule has 122 valence electrons. The van der Waals surface area contributed by atoms with Crippen molar-refractivity contribution in [3.63, 3.8) is 0 Å². The van der Waals surface area contributed by atoms with E-state index in [-0.39, 0.29) is 11.8 Å². The van der Waals surface area contributed by atoms with Gasteiger partial charge in [0.05, 0.1) is 24.0 Å². The predicted molar refractivity (Wildman–Crippen MR) is 94.4 cm³/mol. The Bertz CT molecular complexity index is 835. The summed E-state index contributed by atoms with van der Waals surface area (Å²) in [6.07, 6.45) is 5.11. The Morgan fingerprint density at radius 2 is 1.54 bits per heavy atom. The minimum atomic E-state index is -0.380. The number of halogens is 4. The summed E-state index contributed by atoms with van der Waals surface area (Å²) in [4.78, 5) is 7.71. The standard InChI is InChI=1S/C9H6Cl2N2.C7H4Cl2N2/c10-7-3-8(11)13-4-6(7)9(5-12)1-2-9;8-6-3-7(9)11-4-5(6)1-2-10/h3-4H,1-2H2;3-4H,1H2. The van der Waals surface area contributed by atoms with Crippen molar-refractivity contribution in [2.45, 2.75) is 24.7 Å². The molecule has 2 aromatic heterocycles. The summed E-state index contributed by atoms with van der Waals surface area (Å²) in [6, 6.07) is 7.34. The fourth-order valence-corrected chi connectivity index (χ4v) is 2.96. The first-order valence-corrected chi connectivity index (χ1v) is 8.32. The molecule has 0 saturated heterocycles. The van der Waals surface area contributed by atoms with Crippen molar-refractivity contribution in [2.75, 3.05) is 0 Å². The second kappa shape index (κ2) is 8.01. The first-order chi connectivity index (χ1) is 11.4. The average Bonchev–Trinajstić information content (AvgIpc) is 3.32. The number of rotatable bonds is 2. The largest absolute Gasteiger partial charge is 0.244 e. The van der Waals surface area contributed by atoms with Crippen molar-refractivity contribution < 1.29 is 0 Å². The fourth-order valence-electron chi connectivity index (χ4n) is 1.98. The Labute approximate surface area is 159 Å². The van der Waals surface area contributed by atoms with Crippen molar-refractivity contribution in [1.29, 1.82) is 10.5 Å². The third-order valence-corrected chi connectivity index (χ3v) is 4.54. The van der Waals surface area contributed by atoms with Gasteiger partial charge in [0.1, 0.15) is 10.3 Å². The van der Waals surface area contributed by atoms with Gasteiger partial charge in [0.15, 0.2) is 0 Å². The van der Waals surface area contributed by atoms with E-state index in [1.807, 2.05) is 6.07 Å². The fraction of sp³-hybridized carbons (Fsp3) is 0.250. The quantitative estimate of drug-likeness (QED) is 0.633. The van der Waals surface area contributed by atoms with Crippen LogP contribution >= 0.6 is 46.4 Å². The van der Waals surface area contributed by atoms with E-state index in [0.717, 1.165) is 18.4 Å². The van der Waals surface area contributed by atoms with Crippen molar-refractivity contribution in [2.24, 2.45) is 0 Å². The van der Waals surface area contributed by atoms with Crippen molar-refractivity contribution >= 4 is 46.4 Å². The van der Waals surface area contributed by atoms with Gasteiger partial charge in [-0.3, -0.25) is 0 Å². The molecule has 0 radical (unpaired) electrons. The van der Waals surface area contributed by atoms with Crippen LogP contribution in [0.2, 0.25) is 20.4 Å². The highest BCUT2D eigenvalue weighted by molar-refractivity contribution is 6.35. The Hall–Kier alpha value is -1.56. The molecule has 2 heterocycles. The highest BCUT2D eigenvalue weighted by Gasteiger charge is 2.46. The molecule has 2 aromatic rings. The predicted octanol–water partition coefficient (Wildman–Crippen LogP) is 5.40. The molecule has 0 bridgehead atoms.